The Labute approximate surface area is 240 Å². The van der Waals surface area contributed by atoms with Gasteiger partial charge in [-0.1, -0.05) is 31.4 Å². The van der Waals surface area contributed by atoms with E-state index in [1.807, 2.05) is 16.7 Å². The van der Waals surface area contributed by atoms with Gasteiger partial charge in [-0.2, -0.15) is 0 Å². The molecule has 1 aliphatic carbocycles. The SMILES string of the molecule is CN(CCCn1c(=O)[nH]c2cc(CC(C)(C)NC[C@H](O)c3ccc(O)c4[nH]c(=O)ccc34)ccc21)C1CCCCC1. The second-order valence-corrected chi connectivity index (χ2v) is 12.3. The van der Waals surface area contributed by atoms with Crippen LogP contribution in [0.2, 0.25) is 0 Å². The lowest BCUT2D eigenvalue weighted by atomic mass is 9.93. The number of rotatable bonds is 11. The van der Waals surface area contributed by atoms with E-state index < -0.39 is 6.10 Å². The van der Waals surface area contributed by atoms with Crippen molar-refractivity contribution in [1.29, 1.82) is 0 Å². The Bertz CT molecular complexity index is 1610. The molecule has 41 heavy (non-hydrogen) atoms. The molecule has 2 heterocycles. The van der Waals surface area contributed by atoms with Crippen molar-refractivity contribution in [2.24, 2.45) is 0 Å². The highest BCUT2D eigenvalue weighted by molar-refractivity contribution is 5.87. The summed E-state index contributed by atoms with van der Waals surface area (Å²) in [6, 6.07) is 13.0. The number of phenols is 1. The van der Waals surface area contributed by atoms with E-state index in [0.29, 0.717) is 35.5 Å². The van der Waals surface area contributed by atoms with Crippen molar-refractivity contribution in [2.75, 3.05) is 20.1 Å². The third-order valence-electron chi connectivity index (χ3n) is 8.61. The maximum Gasteiger partial charge on any atom is 0.326 e. The topological polar surface area (TPSA) is 126 Å². The van der Waals surface area contributed by atoms with Crippen molar-refractivity contribution in [3.05, 3.63) is 74.4 Å². The van der Waals surface area contributed by atoms with Gasteiger partial charge in [0.1, 0.15) is 5.75 Å². The van der Waals surface area contributed by atoms with Crippen LogP contribution < -0.4 is 16.6 Å². The summed E-state index contributed by atoms with van der Waals surface area (Å²) in [6.45, 7) is 6.13. The van der Waals surface area contributed by atoms with E-state index in [9.17, 15) is 19.8 Å². The van der Waals surface area contributed by atoms with Gasteiger partial charge >= 0.3 is 5.69 Å². The molecule has 2 aromatic carbocycles. The van der Waals surface area contributed by atoms with E-state index in [4.69, 9.17) is 0 Å². The van der Waals surface area contributed by atoms with Crippen LogP contribution >= 0.6 is 0 Å². The molecule has 0 spiro atoms. The van der Waals surface area contributed by atoms with Crippen LogP contribution in [0.15, 0.2) is 52.1 Å². The minimum atomic E-state index is -0.840. The standard InChI is InChI=1S/C32H43N5O4/c1-32(2,33-20-28(39)23-11-14-27(38)30-24(23)12-15-29(40)35-30)19-21-10-13-26-25(18-21)34-31(41)37(26)17-7-16-36(3)22-8-5-4-6-9-22/h10-15,18,22,28,33,38-39H,4-9,16-17,19-20H2,1-3H3,(H,34,41)(H,35,40)/t28-/m0/s1. The highest BCUT2D eigenvalue weighted by Gasteiger charge is 2.22. The molecule has 1 saturated carbocycles. The van der Waals surface area contributed by atoms with Crippen molar-refractivity contribution >= 4 is 21.9 Å². The van der Waals surface area contributed by atoms with Gasteiger partial charge in [-0.25, -0.2) is 4.79 Å². The highest BCUT2D eigenvalue weighted by Crippen LogP contribution is 2.29. The van der Waals surface area contributed by atoms with Crippen molar-refractivity contribution < 1.29 is 10.2 Å². The van der Waals surface area contributed by atoms with Crippen molar-refractivity contribution in [1.82, 2.24) is 24.8 Å². The number of β-amino-alcohol motifs (C(OH)–C–C–N with tert-alkyl or cyclic N) is 1. The second kappa shape index (κ2) is 12.2. The maximum atomic E-state index is 12.8. The van der Waals surface area contributed by atoms with Gasteiger partial charge in [0.25, 0.3) is 0 Å². The molecule has 2 aromatic heterocycles. The summed E-state index contributed by atoms with van der Waals surface area (Å²) in [5.74, 6) is -0.0315. The molecule has 9 heteroatoms. The molecular weight excluding hydrogens is 518 g/mol. The monoisotopic (exact) mass is 561 g/mol. The van der Waals surface area contributed by atoms with Crippen molar-refractivity contribution in [3.8, 4) is 5.75 Å². The molecule has 0 aliphatic heterocycles. The van der Waals surface area contributed by atoms with Gasteiger partial charge < -0.3 is 30.4 Å². The van der Waals surface area contributed by atoms with E-state index in [1.54, 1.807) is 12.1 Å². The van der Waals surface area contributed by atoms with Crippen LogP contribution in [0.3, 0.4) is 0 Å². The van der Waals surface area contributed by atoms with Crippen LogP contribution in [0.5, 0.6) is 5.75 Å². The number of aliphatic hydroxyl groups excluding tert-OH is 1. The van der Waals surface area contributed by atoms with E-state index in [0.717, 1.165) is 29.6 Å². The molecule has 9 nitrogen and oxygen atoms in total. The Kier molecular flexibility index (Phi) is 8.68. The Morgan fingerprint density at radius 2 is 1.85 bits per heavy atom. The number of pyridine rings is 1. The predicted octanol–water partition coefficient (Wildman–Crippen LogP) is 4.18. The fraction of sp³-hybridized carbons (Fsp3) is 0.500. The number of hydrogen-bond acceptors (Lipinski definition) is 6. The molecule has 0 radical (unpaired) electrons. The fourth-order valence-electron chi connectivity index (χ4n) is 6.33. The first-order chi connectivity index (χ1) is 19.6. The zero-order valence-electron chi connectivity index (χ0n) is 24.4. The fourth-order valence-corrected chi connectivity index (χ4v) is 6.33. The number of aliphatic hydroxyl groups is 1. The van der Waals surface area contributed by atoms with E-state index in [-0.39, 0.29) is 29.1 Å². The number of aromatic nitrogens is 3. The van der Waals surface area contributed by atoms with E-state index in [1.165, 1.54) is 44.2 Å². The Hall–Kier alpha value is -3.40. The Morgan fingerprint density at radius 1 is 1.07 bits per heavy atom. The predicted molar refractivity (Wildman–Crippen MR) is 164 cm³/mol. The quantitative estimate of drug-likeness (QED) is 0.187. The van der Waals surface area contributed by atoms with Gasteiger partial charge in [-0.3, -0.25) is 9.36 Å². The number of aryl methyl sites for hydroxylation is 1. The number of fused-ring (bicyclic) bond motifs is 2. The summed E-state index contributed by atoms with van der Waals surface area (Å²) in [5.41, 5.74) is 3.08. The van der Waals surface area contributed by atoms with Crippen LogP contribution in [-0.2, 0) is 13.0 Å². The molecule has 0 unspecified atom stereocenters. The largest absolute Gasteiger partial charge is 0.506 e. The van der Waals surface area contributed by atoms with Gasteiger partial charge in [0.2, 0.25) is 5.56 Å². The molecule has 4 aromatic rings. The zero-order valence-corrected chi connectivity index (χ0v) is 24.4. The molecule has 1 fully saturated rings. The Morgan fingerprint density at radius 3 is 2.63 bits per heavy atom. The number of benzene rings is 2. The van der Waals surface area contributed by atoms with Crippen LogP contribution in [0.4, 0.5) is 0 Å². The normalized spacial score (nSPS) is 15.7. The number of nitrogens with one attached hydrogen (secondary N) is 3. The Balaban J connectivity index is 1.21. The van der Waals surface area contributed by atoms with Gasteiger partial charge in [0.05, 0.1) is 22.7 Å². The zero-order chi connectivity index (χ0) is 29.1. The first-order valence-corrected chi connectivity index (χ1v) is 14.8. The van der Waals surface area contributed by atoms with Gasteiger partial charge in [-0.05, 0) is 88.5 Å². The average molecular weight is 562 g/mol. The molecule has 5 rings (SSSR count). The number of aromatic hydroxyl groups is 1. The van der Waals surface area contributed by atoms with Crippen LogP contribution in [-0.4, -0.2) is 61.4 Å². The number of aromatic amines is 2. The molecule has 0 saturated heterocycles. The second-order valence-electron chi connectivity index (χ2n) is 12.3. The first-order valence-electron chi connectivity index (χ1n) is 14.8. The minimum absolute atomic E-state index is 0.0315. The molecule has 5 N–H and O–H groups in total. The van der Waals surface area contributed by atoms with Gasteiger partial charge in [0.15, 0.2) is 0 Å². The highest BCUT2D eigenvalue weighted by atomic mass is 16.3. The lowest BCUT2D eigenvalue weighted by Gasteiger charge is -2.31. The summed E-state index contributed by atoms with van der Waals surface area (Å²) < 4.78 is 1.85. The summed E-state index contributed by atoms with van der Waals surface area (Å²) in [5, 5.41) is 25.2. The van der Waals surface area contributed by atoms with Crippen LogP contribution in [0.25, 0.3) is 21.9 Å². The maximum absolute atomic E-state index is 12.8. The summed E-state index contributed by atoms with van der Waals surface area (Å²) in [6.07, 6.45) is 7.36. The van der Waals surface area contributed by atoms with Crippen LogP contribution in [0, 0.1) is 0 Å². The smallest absolute Gasteiger partial charge is 0.326 e. The number of nitrogens with zero attached hydrogens (tertiary/aromatic N) is 2. The number of hydrogen-bond donors (Lipinski definition) is 5. The average Bonchev–Trinajstić information content (AvgIpc) is 3.26. The molecule has 1 aliphatic rings. The van der Waals surface area contributed by atoms with Crippen molar-refractivity contribution in [3.63, 3.8) is 0 Å². The molecular formula is C32H43N5O4. The lowest BCUT2D eigenvalue weighted by Crippen LogP contribution is -2.43. The van der Waals surface area contributed by atoms with Gasteiger partial charge in [-0.15, -0.1) is 0 Å². The van der Waals surface area contributed by atoms with Crippen molar-refractivity contribution in [2.45, 2.75) is 83.0 Å². The summed E-state index contributed by atoms with van der Waals surface area (Å²) in [4.78, 5) is 32.6. The number of phenolic OH excluding ortho intramolecular Hbond substituents is 1. The van der Waals surface area contributed by atoms with Gasteiger partial charge in [0, 0.05) is 36.1 Å². The van der Waals surface area contributed by atoms with Crippen LogP contribution in [0.1, 0.15) is 69.6 Å². The molecule has 220 valence electrons. The molecule has 1 atom stereocenters. The number of imidazole rings is 1. The molecule has 0 bridgehead atoms. The third kappa shape index (κ3) is 6.74. The minimum Gasteiger partial charge on any atom is -0.506 e. The number of H-pyrrole nitrogens is 2. The summed E-state index contributed by atoms with van der Waals surface area (Å²) >= 11 is 0. The van der Waals surface area contributed by atoms with E-state index in [2.05, 4.69) is 47.1 Å². The first kappa shape index (κ1) is 29.1. The third-order valence-corrected chi connectivity index (χ3v) is 8.61. The lowest BCUT2D eigenvalue weighted by molar-refractivity contribution is 0.162. The molecule has 0 amide bonds. The van der Waals surface area contributed by atoms with E-state index >= 15 is 0 Å². The summed E-state index contributed by atoms with van der Waals surface area (Å²) in [7, 11) is 2.21.